The number of hydrogen-bond acceptors (Lipinski definition) is 2. The van der Waals surface area contributed by atoms with Gasteiger partial charge in [0.05, 0.1) is 6.04 Å². The summed E-state index contributed by atoms with van der Waals surface area (Å²) < 4.78 is 0. The van der Waals surface area contributed by atoms with E-state index in [0.29, 0.717) is 6.42 Å². The van der Waals surface area contributed by atoms with Gasteiger partial charge in [0, 0.05) is 0 Å². The number of carbonyl (C=O) groups excluding carboxylic acids is 1. The average molecular weight is 172 g/mol. The minimum atomic E-state index is -0.457. The summed E-state index contributed by atoms with van der Waals surface area (Å²) in [4.78, 5) is 10.2. The fraction of sp³-hybridized carbons (Fsp3) is 0.800. The van der Waals surface area contributed by atoms with Crippen LogP contribution in [0.2, 0.25) is 0 Å². The van der Waals surface area contributed by atoms with Gasteiger partial charge < -0.3 is 5.73 Å². The molecule has 1 atom stereocenters. The van der Waals surface area contributed by atoms with Gasteiger partial charge in [0.25, 0.3) is 0 Å². The zero-order valence-corrected chi connectivity index (χ0v) is 6.84. The first kappa shape index (κ1) is 11.9. The Hall–Kier alpha value is 0.210. The van der Waals surface area contributed by atoms with Gasteiger partial charge >= 0.3 is 0 Å². The molecule has 9 heavy (non-hydrogen) atoms. The Labute approximate surface area is 66.2 Å². The molecule has 0 bridgehead atoms. The molecule has 0 aliphatic heterocycles. The van der Waals surface area contributed by atoms with Gasteiger partial charge in [0.2, 0.25) is 5.24 Å². The molecular formula is C5H11Cl2NO. The lowest BCUT2D eigenvalue weighted by Gasteiger charge is -2.00. The molecule has 0 aliphatic rings. The van der Waals surface area contributed by atoms with Crippen molar-refractivity contribution < 1.29 is 4.79 Å². The summed E-state index contributed by atoms with van der Waals surface area (Å²) in [5.74, 6) is 0. The first-order valence-corrected chi connectivity index (χ1v) is 3.01. The van der Waals surface area contributed by atoms with Crippen LogP contribution in [0.5, 0.6) is 0 Å². The van der Waals surface area contributed by atoms with Gasteiger partial charge in [-0.15, -0.1) is 12.4 Å². The molecule has 56 valence electrons. The summed E-state index contributed by atoms with van der Waals surface area (Å²) >= 11 is 5.04. The van der Waals surface area contributed by atoms with Crippen molar-refractivity contribution >= 4 is 29.3 Å². The van der Waals surface area contributed by atoms with Gasteiger partial charge in [0.15, 0.2) is 0 Å². The molecule has 0 aromatic carbocycles. The molecule has 0 heterocycles. The van der Waals surface area contributed by atoms with Crippen molar-refractivity contribution in [1.29, 1.82) is 0 Å². The monoisotopic (exact) mass is 171 g/mol. The fourth-order valence-corrected chi connectivity index (χ4v) is 0.534. The summed E-state index contributed by atoms with van der Waals surface area (Å²) in [6, 6.07) is -0.457. The molecule has 0 radical (unpaired) electrons. The normalized spacial score (nSPS) is 11.9. The molecule has 4 heteroatoms. The molecule has 0 aromatic heterocycles. The third-order valence-electron chi connectivity index (χ3n) is 0.891. The van der Waals surface area contributed by atoms with Crippen LogP contribution in [0.3, 0.4) is 0 Å². The Morgan fingerprint density at radius 2 is 2.22 bits per heavy atom. The Morgan fingerprint density at radius 3 is 2.33 bits per heavy atom. The number of hydrogen-bond donors (Lipinski definition) is 1. The van der Waals surface area contributed by atoms with Crippen molar-refractivity contribution in [1.82, 2.24) is 0 Å². The summed E-state index contributed by atoms with van der Waals surface area (Å²) in [6.45, 7) is 1.96. The van der Waals surface area contributed by atoms with E-state index in [9.17, 15) is 4.79 Å². The molecule has 0 fully saturated rings. The van der Waals surface area contributed by atoms with Crippen molar-refractivity contribution in [2.24, 2.45) is 5.73 Å². The number of carbonyl (C=O) groups is 1. The van der Waals surface area contributed by atoms with E-state index in [1.807, 2.05) is 6.92 Å². The highest BCUT2D eigenvalue weighted by Gasteiger charge is 2.06. The molecule has 0 rings (SSSR count). The van der Waals surface area contributed by atoms with Crippen LogP contribution < -0.4 is 5.73 Å². The highest BCUT2D eigenvalue weighted by atomic mass is 35.5. The molecular weight excluding hydrogens is 161 g/mol. The first-order valence-electron chi connectivity index (χ1n) is 2.63. The van der Waals surface area contributed by atoms with E-state index >= 15 is 0 Å². The predicted molar refractivity (Wildman–Crippen MR) is 41.0 cm³/mol. The fourth-order valence-electron chi connectivity index (χ4n) is 0.424. The lowest BCUT2D eigenvalue weighted by atomic mass is 10.2. The van der Waals surface area contributed by atoms with Crippen LogP contribution in [-0.4, -0.2) is 11.3 Å². The van der Waals surface area contributed by atoms with E-state index in [1.54, 1.807) is 0 Å². The molecule has 0 saturated heterocycles. The van der Waals surface area contributed by atoms with E-state index in [2.05, 4.69) is 0 Å². The van der Waals surface area contributed by atoms with Crippen molar-refractivity contribution in [3.05, 3.63) is 0 Å². The topological polar surface area (TPSA) is 43.1 Å². The second-order valence-corrected chi connectivity index (χ2v) is 2.07. The highest BCUT2D eigenvalue weighted by molar-refractivity contribution is 6.64. The molecule has 0 aliphatic carbocycles. The maximum Gasteiger partial charge on any atom is 0.238 e. The Morgan fingerprint density at radius 1 is 1.78 bits per heavy atom. The highest BCUT2D eigenvalue weighted by Crippen LogP contribution is 1.96. The van der Waals surface area contributed by atoms with Gasteiger partial charge in [-0.3, -0.25) is 4.79 Å². The zero-order chi connectivity index (χ0) is 6.57. The van der Waals surface area contributed by atoms with Gasteiger partial charge in [-0.1, -0.05) is 13.3 Å². The third kappa shape index (κ3) is 6.09. The maximum absolute atomic E-state index is 10.2. The first-order chi connectivity index (χ1) is 3.68. The van der Waals surface area contributed by atoms with Crippen LogP contribution >= 0.6 is 24.0 Å². The molecule has 0 amide bonds. The smallest absolute Gasteiger partial charge is 0.238 e. The maximum atomic E-state index is 10.2. The minimum Gasteiger partial charge on any atom is -0.320 e. The van der Waals surface area contributed by atoms with Crippen LogP contribution in [-0.2, 0) is 4.79 Å². The second kappa shape index (κ2) is 6.33. The molecule has 0 saturated carbocycles. The van der Waals surface area contributed by atoms with Crippen LogP contribution in [0.25, 0.3) is 0 Å². The number of rotatable bonds is 3. The van der Waals surface area contributed by atoms with E-state index in [0.717, 1.165) is 6.42 Å². The molecule has 2 N–H and O–H groups in total. The van der Waals surface area contributed by atoms with Gasteiger partial charge in [0.1, 0.15) is 0 Å². The number of nitrogens with two attached hydrogens (primary N) is 1. The lowest BCUT2D eigenvalue weighted by Crippen LogP contribution is -2.25. The minimum absolute atomic E-state index is 0. The summed E-state index contributed by atoms with van der Waals surface area (Å²) in [5, 5.41) is -0.438. The van der Waals surface area contributed by atoms with Crippen molar-refractivity contribution in [2.45, 2.75) is 25.8 Å². The predicted octanol–water partition coefficient (Wildman–Crippen LogP) is 1.30. The second-order valence-electron chi connectivity index (χ2n) is 1.70. The molecule has 0 spiro atoms. The lowest BCUT2D eigenvalue weighted by molar-refractivity contribution is -0.112. The van der Waals surface area contributed by atoms with Crippen LogP contribution in [0, 0.1) is 0 Å². The molecule has 1 unspecified atom stereocenters. The van der Waals surface area contributed by atoms with Crippen molar-refractivity contribution in [3.63, 3.8) is 0 Å². The summed E-state index contributed by atoms with van der Waals surface area (Å²) in [7, 11) is 0. The Bertz CT molecular complexity index is 87.0. The standard InChI is InChI=1S/C5H10ClNO.ClH/c1-2-3-4(7)5(6)8;/h4H,2-3,7H2,1H3;1H. The van der Waals surface area contributed by atoms with E-state index < -0.39 is 11.3 Å². The largest absolute Gasteiger partial charge is 0.320 e. The average Bonchev–Trinajstić information content (AvgIpc) is 1.67. The van der Waals surface area contributed by atoms with Gasteiger partial charge in [-0.05, 0) is 18.0 Å². The third-order valence-corrected chi connectivity index (χ3v) is 1.17. The SMILES string of the molecule is CCCC(N)C(=O)Cl.Cl. The quantitative estimate of drug-likeness (QED) is 0.652. The van der Waals surface area contributed by atoms with Gasteiger partial charge in [-0.2, -0.15) is 0 Å². The van der Waals surface area contributed by atoms with E-state index in [4.69, 9.17) is 17.3 Å². The van der Waals surface area contributed by atoms with Crippen LogP contribution in [0.15, 0.2) is 0 Å². The Kier molecular flexibility index (Phi) is 8.40. The van der Waals surface area contributed by atoms with Crippen LogP contribution in [0.1, 0.15) is 19.8 Å². The van der Waals surface area contributed by atoms with E-state index in [-0.39, 0.29) is 12.4 Å². The van der Waals surface area contributed by atoms with E-state index in [1.165, 1.54) is 0 Å². The molecule has 2 nitrogen and oxygen atoms in total. The van der Waals surface area contributed by atoms with Crippen molar-refractivity contribution in [3.8, 4) is 0 Å². The molecule has 0 aromatic rings. The van der Waals surface area contributed by atoms with Gasteiger partial charge in [-0.25, -0.2) is 0 Å². The zero-order valence-electron chi connectivity index (χ0n) is 5.26. The van der Waals surface area contributed by atoms with Crippen molar-refractivity contribution in [2.75, 3.05) is 0 Å². The number of halogens is 2. The summed E-state index contributed by atoms with van der Waals surface area (Å²) in [6.07, 6.45) is 1.59. The van der Waals surface area contributed by atoms with Crippen LogP contribution in [0.4, 0.5) is 0 Å². The Balaban J connectivity index is 0. The summed E-state index contributed by atoms with van der Waals surface area (Å²) in [5.41, 5.74) is 5.25.